The lowest BCUT2D eigenvalue weighted by atomic mass is 9.87. The van der Waals surface area contributed by atoms with E-state index in [9.17, 15) is 9.59 Å². The molecular weight excluding hydrogens is 340 g/mol. The Morgan fingerprint density at radius 3 is 2.59 bits per heavy atom. The molecule has 0 radical (unpaired) electrons. The minimum atomic E-state index is -0.216. The zero-order valence-corrected chi connectivity index (χ0v) is 15.6. The molecule has 1 fully saturated rings. The Balaban J connectivity index is 1.26. The van der Waals surface area contributed by atoms with Crippen molar-refractivity contribution >= 4 is 5.91 Å². The van der Waals surface area contributed by atoms with Crippen molar-refractivity contribution in [3.05, 3.63) is 63.6 Å². The number of piperazine rings is 1. The first kappa shape index (κ1) is 17.9. The number of nitrogens with one attached hydrogen (secondary N) is 1. The van der Waals surface area contributed by atoms with Gasteiger partial charge >= 0.3 is 0 Å². The van der Waals surface area contributed by atoms with E-state index in [4.69, 9.17) is 0 Å². The van der Waals surface area contributed by atoms with Crippen LogP contribution in [0.15, 0.2) is 41.2 Å². The summed E-state index contributed by atoms with van der Waals surface area (Å²) in [7, 11) is 0. The first-order valence-corrected chi connectivity index (χ1v) is 9.82. The van der Waals surface area contributed by atoms with Gasteiger partial charge in [0.15, 0.2) is 0 Å². The zero-order chi connectivity index (χ0) is 18.6. The Kier molecular flexibility index (Phi) is 5.34. The Hall–Kier alpha value is -2.47. The highest BCUT2D eigenvalue weighted by Gasteiger charge is 2.28. The predicted molar refractivity (Wildman–Crippen MR) is 104 cm³/mol. The van der Waals surface area contributed by atoms with Crippen LogP contribution in [0.1, 0.15) is 29.7 Å². The van der Waals surface area contributed by atoms with Crippen molar-refractivity contribution in [3.8, 4) is 0 Å². The summed E-state index contributed by atoms with van der Waals surface area (Å²) in [6, 6.07) is 12.5. The van der Waals surface area contributed by atoms with Gasteiger partial charge in [-0.3, -0.25) is 14.5 Å². The van der Waals surface area contributed by atoms with Crippen LogP contribution in [0.2, 0.25) is 0 Å². The molecule has 0 spiro atoms. The Morgan fingerprint density at radius 2 is 1.85 bits per heavy atom. The fourth-order valence-corrected chi connectivity index (χ4v) is 4.23. The molecule has 1 aliphatic heterocycles. The van der Waals surface area contributed by atoms with Gasteiger partial charge in [0, 0.05) is 51.1 Å². The summed E-state index contributed by atoms with van der Waals surface area (Å²) in [6.45, 7) is 3.51. The first-order valence-electron chi connectivity index (χ1n) is 9.82. The summed E-state index contributed by atoms with van der Waals surface area (Å²) in [5.74, 6) is 0.177. The van der Waals surface area contributed by atoms with E-state index in [1.807, 2.05) is 4.90 Å². The summed E-state index contributed by atoms with van der Waals surface area (Å²) < 4.78 is 0. The molecule has 6 nitrogen and oxygen atoms in total. The smallest absolute Gasteiger partial charge is 0.264 e. The van der Waals surface area contributed by atoms with Gasteiger partial charge in [-0.15, -0.1) is 0 Å². The maximum Gasteiger partial charge on any atom is 0.264 e. The molecule has 1 aliphatic carbocycles. The van der Waals surface area contributed by atoms with Gasteiger partial charge in [-0.1, -0.05) is 24.3 Å². The maximum atomic E-state index is 12.5. The highest BCUT2D eigenvalue weighted by molar-refractivity contribution is 5.76. The summed E-state index contributed by atoms with van der Waals surface area (Å²) in [6.07, 6.45) is 4.50. The highest BCUT2D eigenvalue weighted by atomic mass is 16.2. The molecular formula is C21H26N4O2. The monoisotopic (exact) mass is 366 g/mol. The van der Waals surface area contributed by atoms with Crippen molar-refractivity contribution in [2.75, 3.05) is 26.2 Å². The van der Waals surface area contributed by atoms with E-state index in [-0.39, 0.29) is 11.5 Å². The number of carbonyl (C=O) groups is 1. The van der Waals surface area contributed by atoms with Crippen molar-refractivity contribution < 1.29 is 4.79 Å². The molecule has 0 saturated carbocycles. The Labute approximate surface area is 159 Å². The van der Waals surface area contributed by atoms with Crippen LogP contribution in [0.25, 0.3) is 0 Å². The van der Waals surface area contributed by atoms with E-state index in [0.717, 1.165) is 44.7 Å². The minimum Gasteiger partial charge on any atom is -0.340 e. The Morgan fingerprint density at radius 1 is 1.07 bits per heavy atom. The van der Waals surface area contributed by atoms with E-state index in [2.05, 4.69) is 39.4 Å². The predicted octanol–water partition coefficient (Wildman–Crippen LogP) is 1.40. The van der Waals surface area contributed by atoms with E-state index in [1.54, 1.807) is 6.07 Å². The summed E-state index contributed by atoms with van der Waals surface area (Å²) in [5, 5.41) is 6.39. The van der Waals surface area contributed by atoms with Crippen LogP contribution in [-0.2, 0) is 24.1 Å². The van der Waals surface area contributed by atoms with Gasteiger partial charge in [0.05, 0.1) is 5.69 Å². The van der Waals surface area contributed by atoms with Gasteiger partial charge in [-0.25, -0.2) is 5.10 Å². The van der Waals surface area contributed by atoms with Crippen molar-refractivity contribution in [3.63, 3.8) is 0 Å². The van der Waals surface area contributed by atoms with Crippen molar-refractivity contribution in [2.45, 2.75) is 38.1 Å². The second kappa shape index (κ2) is 8.05. The topological polar surface area (TPSA) is 69.3 Å². The largest absolute Gasteiger partial charge is 0.340 e. The molecule has 142 valence electrons. The van der Waals surface area contributed by atoms with Gasteiger partial charge in [0.1, 0.15) is 0 Å². The molecule has 2 heterocycles. The molecule has 2 aromatic rings. The zero-order valence-electron chi connectivity index (χ0n) is 15.6. The number of fused-ring (bicyclic) bond motifs is 1. The molecule has 4 rings (SSSR count). The second-order valence-electron chi connectivity index (χ2n) is 7.49. The molecule has 6 heteroatoms. The second-order valence-corrected chi connectivity index (χ2v) is 7.49. The summed E-state index contributed by atoms with van der Waals surface area (Å²) in [4.78, 5) is 28.1. The third kappa shape index (κ3) is 4.27. The number of nitrogens with zero attached hydrogens (tertiary/aromatic N) is 3. The van der Waals surface area contributed by atoms with Gasteiger partial charge in [0.2, 0.25) is 5.91 Å². The quantitative estimate of drug-likeness (QED) is 0.888. The number of benzene rings is 1. The normalized spacial score (nSPS) is 20.3. The first-order chi connectivity index (χ1) is 13.2. The van der Waals surface area contributed by atoms with Crippen LogP contribution in [-0.4, -0.2) is 58.1 Å². The van der Waals surface area contributed by atoms with Gasteiger partial charge in [-0.05, 0) is 36.5 Å². The molecule has 1 aromatic carbocycles. The van der Waals surface area contributed by atoms with Crippen LogP contribution in [0, 0.1) is 0 Å². The van der Waals surface area contributed by atoms with Crippen LogP contribution in [0.3, 0.4) is 0 Å². The molecule has 27 heavy (non-hydrogen) atoms. The fourth-order valence-electron chi connectivity index (χ4n) is 4.23. The van der Waals surface area contributed by atoms with Gasteiger partial charge in [-0.2, -0.15) is 5.10 Å². The average molecular weight is 366 g/mol. The Bertz CT molecular complexity index is 835. The van der Waals surface area contributed by atoms with Crippen LogP contribution in [0.4, 0.5) is 0 Å². The number of aryl methyl sites for hydroxylation is 2. The highest BCUT2D eigenvalue weighted by Crippen LogP contribution is 2.25. The van der Waals surface area contributed by atoms with Crippen molar-refractivity contribution in [2.24, 2.45) is 0 Å². The molecule has 1 aromatic heterocycles. The van der Waals surface area contributed by atoms with Crippen LogP contribution in [0.5, 0.6) is 0 Å². The van der Waals surface area contributed by atoms with Crippen LogP contribution < -0.4 is 5.56 Å². The third-order valence-electron chi connectivity index (χ3n) is 5.84. The SMILES string of the molecule is O=C(CCc1ccc(=O)[nH]n1)N1CCN(C2CCc3ccccc3C2)CC1. The summed E-state index contributed by atoms with van der Waals surface area (Å²) in [5.41, 5.74) is 3.52. The molecule has 0 bridgehead atoms. The molecule has 1 unspecified atom stereocenters. The molecule has 1 saturated heterocycles. The van der Waals surface area contributed by atoms with E-state index in [0.29, 0.717) is 18.9 Å². The number of rotatable bonds is 4. The number of hydrogen-bond acceptors (Lipinski definition) is 4. The van der Waals surface area contributed by atoms with Crippen LogP contribution >= 0.6 is 0 Å². The van der Waals surface area contributed by atoms with E-state index < -0.39 is 0 Å². The van der Waals surface area contributed by atoms with Crippen molar-refractivity contribution in [1.82, 2.24) is 20.0 Å². The molecule has 1 amide bonds. The third-order valence-corrected chi connectivity index (χ3v) is 5.84. The van der Waals surface area contributed by atoms with Gasteiger partial charge < -0.3 is 4.90 Å². The number of hydrogen-bond donors (Lipinski definition) is 1. The number of aromatic amines is 1. The standard InChI is InChI=1S/C21H26N4O2/c26-20-9-6-18(22-23-20)7-10-21(27)25-13-11-24(12-14-25)19-8-5-16-3-1-2-4-17(16)15-19/h1-4,6,9,19H,5,7-8,10-15H2,(H,23,26). The lowest BCUT2D eigenvalue weighted by molar-refractivity contribution is -0.133. The maximum absolute atomic E-state index is 12.5. The molecule has 1 N–H and O–H groups in total. The molecule has 1 atom stereocenters. The van der Waals surface area contributed by atoms with Gasteiger partial charge in [0.25, 0.3) is 5.56 Å². The number of carbonyl (C=O) groups excluding carboxylic acids is 1. The average Bonchev–Trinajstić information content (AvgIpc) is 2.73. The number of amides is 1. The fraction of sp³-hybridized carbons (Fsp3) is 0.476. The van der Waals surface area contributed by atoms with E-state index in [1.165, 1.54) is 23.6 Å². The number of H-pyrrole nitrogens is 1. The lowest BCUT2D eigenvalue weighted by Gasteiger charge is -2.41. The van der Waals surface area contributed by atoms with Crippen molar-refractivity contribution in [1.29, 1.82) is 0 Å². The van der Waals surface area contributed by atoms with E-state index >= 15 is 0 Å². The summed E-state index contributed by atoms with van der Waals surface area (Å²) >= 11 is 0. The minimum absolute atomic E-state index is 0.177. The molecule has 2 aliphatic rings. The lowest BCUT2D eigenvalue weighted by Crippen LogP contribution is -2.53. The number of aromatic nitrogens is 2.